The monoisotopic (exact) mass is 137 g/mol. The lowest BCUT2D eigenvalue weighted by Gasteiger charge is -1.70. The average Bonchev–Trinajstić information content (AvgIpc) is 1.37. The molecule has 0 aliphatic heterocycles. The van der Waals surface area contributed by atoms with Gasteiger partial charge in [0.1, 0.15) is 0 Å². The summed E-state index contributed by atoms with van der Waals surface area (Å²) in [5.41, 5.74) is 0. The van der Waals surface area contributed by atoms with Gasteiger partial charge in [-0.05, 0) is 0 Å². The maximum atomic E-state index is 4.94. The van der Waals surface area contributed by atoms with E-state index in [-0.39, 0.29) is 14.1 Å². The van der Waals surface area contributed by atoms with Crippen molar-refractivity contribution in [3.63, 3.8) is 0 Å². The summed E-state index contributed by atoms with van der Waals surface area (Å²) in [5, 5.41) is 4.94. The molecular formula is C2H10F3NS. The quantitative estimate of drug-likeness (QED) is 0.547. The molecule has 0 aromatic carbocycles. The fourth-order valence-corrected chi connectivity index (χ4v) is 0. The van der Waals surface area contributed by atoms with Crippen LogP contribution in [0, 0.1) is 0 Å². The summed E-state index contributed by atoms with van der Waals surface area (Å²) in [4.78, 5) is 0. The van der Waals surface area contributed by atoms with Crippen LogP contribution in [0.4, 0.5) is 14.1 Å². The van der Waals surface area contributed by atoms with E-state index in [1.807, 2.05) is 6.92 Å². The van der Waals surface area contributed by atoms with Crippen molar-refractivity contribution in [1.82, 2.24) is 0 Å². The predicted molar refractivity (Wildman–Crippen MR) is 29.8 cm³/mol. The molecule has 5 heteroatoms. The van der Waals surface area contributed by atoms with Crippen LogP contribution in [0.3, 0.4) is 0 Å². The highest BCUT2D eigenvalue weighted by atomic mass is 32.2. The van der Waals surface area contributed by atoms with Crippen molar-refractivity contribution in [2.75, 3.05) is 5.75 Å². The van der Waals surface area contributed by atoms with Gasteiger partial charge in [0.2, 0.25) is 0 Å². The van der Waals surface area contributed by atoms with Gasteiger partial charge >= 0.3 is 0 Å². The highest BCUT2D eigenvalue weighted by molar-refractivity contribution is 7.97. The standard InChI is InChI=1S/C2H7NS.3FH/c1-2-4-3;;;/h2-3H2,1H3;3*1H. The van der Waals surface area contributed by atoms with Crippen LogP contribution in [0.25, 0.3) is 0 Å². The lowest BCUT2D eigenvalue weighted by atomic mass is 11.0. The van der Waals surface area contributed by atoms with Crippen LogP contribution in [0.2, 0.25) is 0 Å². The Balaban J connectivity index is -0.0000000150. The summed E-state index contributed by atoms with van der Waals surface area (Å²) in [6, 6.07) is 0. The van der Waals surface area contributed by atoms with Crippen LogP contribution in [0.5, 0.6) is 0 Å². The number of hydrogen-bond donors (Lipinski definition) is 1. The van der Waals surface area contributed by atoms with Crippen LogP contribution >= 0.6 is 11.9 Å². The maximum absolute atomic E-state index is 4.94. The first-order valence-corrected chi connectivity index (χ1v) is 2.28. The summed E-state index contributed by atoms with van der Waals surface area (Å²) in [7, 11) is 0. The highest BCUT2D eigenvalue weighted by Crippen LogP contribution is 1.76. The minimum atomic E-state index is 0. The molecule has 0 rings (SSSR count). The predicted octanol–water partition coefficient (Wildman–Crippen LogP) is 1.07. The molecule has 0 aliphatic carbocycles. The Labute approximate surface area is 44.9 Å². The van der Waals surface area contributed by atoms with E-state index < -0.39 is 0 Å². The van der Waals surface area contributed by atoms with Crippen molar-refractivity contribution in [3.8, 4) is 0 Å². The molecule has 0 spiro atoms. The number of hydrogen-bond acceptors (Lipinski definition) is 2. The van der Waals surface area contributed by atoms with Crippen LogP contribution < -0.4 is 5.14 Å². The Morgan fingerprint density at radius 3 is 1.43 bits per heavy atom. The molecular weight excluding hydrogens is 127 g/mol. The molecule has 0 atom stereocenters. The summed E-state index contributed by atoms with van der Waals surface area (Å²) in [6.07, 6.45) is 0. The van der Waals surface area contributed by atoms with Gasteiger partial charge in [0.15, 0.2) is 0 Å². The number of halogens is 3. The van der Waals surface area contributed by atoms with Crippen molar-refractivity contribution in [1.29, 1.82) is 0 Å². The Morgan fingerprint density at radius 2 is 1.43 bits per heavy atom. The van der Waals surface area contributed by atoms with Gasteiger partial charge in [-0.15, -0.1) is 0 Å². The normalized spacial score (nSPS) is 4.29. The van der Waals surface area contributed by atoms with Gasteiger partial charge in [-0.2, -0.15) is 0 Å². The fraction of sp³-hybridized carbons (Fsp3) is 1.00. The average molecular weight is 137 g/mol. The smallest absolute Gasteiger partial charge is 0.00480 e. The second kappa shape index (κ2) is 36.0. The molecule has 0 unspecified atom stereocenters. The summed E-state index contributed by atoms with van der Waals surface area (Å²) in [5.74, 6) is 1.01. The molecule has 7 heavy (non-hydrogen) atoms. The zero-order chi connectivity index (χ0) is 3.41. The molecule has 0 aromatic heterocycles. The zero-order valence-corrected chi connectivity index (χ0v) is 4.73. The molecule has 0 aliphatic rings. The van der Waals surface area contributed by atoms with Gasteiger partial charge in [0.05, 0.1) is 0 Å². The van der Waals surface area contributed by atoms with E-state index in [9.17, 15) is 0 Å². The maximum Gasteiger partial charge on any atom is 0.00480 e. The van der Waals surface area contributed by atoms with Crippen LogP contribution in [-0.4, -0.2) is 5.75 Å². The van der Waals surface area contributed by atoms with Crippen LogP contribution in [-0.2, 0) is 0 Å². The second-order valence-corrected chi connectivity index (χ2v) is 1.37. The minimum absolute atomic E-state index is 0. The van der Waals surface area contributed by atoms with Gasteiger partial charge < -0.3 is 0 Å². The fourth-order valence-electron chi connectivity index (χ4n) is 0. The highest BCUT2D eigenvalue weighted by Gasteiger charge is 1.55. The Morgan fingerprint density at radius 1 is 1.29 bits per heavy atom. The van der Waals surface area contributed by atoms with Gasteiger partial charge in [0.25, 0.3) is 0 Å². The van der Waals surface area contributed by atoms with E-state index in [0.29, 0.717) is 0 Å². The molecule has 0 fully saturated rings. The number of nitrogens with two attached hydrogens (primary N) is 1. The van der Waals surface area contributed by atoms with E-state index >= 15 is 0 Å². The second-order valence-electron chi connectivity index (χ2n) is 0.455. The lowest BCUT2D eigenvalue weighted by Crippen LogP contribution is -1.74. The van der Waals surface area contributed by atoms with E-state index in [0.717, 1.165) is 5.75 Å². The van der Waals surface area contributed by atoms with Crippen molar-refractivity contribution >= 4 is 11.9 Å². The third-order valence-corrected chi connectivity index (χ3v) is 0.500. The van der Waals surface area contributed by atoms with Crippen molar-refractivity contribution in [2.45, 2.75) is 6.92 Å². The van der Waals surface area contributed by atoms with Crippen LogP contribution in [0.15, 0.2) is 0 Å². The molecule has 0 heterocycles. The Kier molecular flexibility index (Phi) is 141. The van der Waals surface area contributed by atoms with E-state index in [1.165, 1.54) is 11.9 Å². The molecule has 0 amide bonds. The van der Waals surface area contributed by atoms with Gasteiger partial charge in [-0.25, -0.2) is 0 Å². The summed E-state index contributed by atoms with van der Waals surface area (Å²) < 4.78 is 0. The van der Waals surface area contributed by atoms with Crippen molar-refractivity contribution in [3.05, 3.63) is 0 Å². The first-order chi connectivity index (χ1) is 1.91. The van der Waals surface area contributed by atoms with Gasteiger partial charge in [0, 0.05) is 5.75 Å². The third kappa shape index (κ3) is 84.7. The topological polar surface area (TPSA) is 26.0 Å². The van der Waals surface area contributed by atoms with E-state index in [2.05, 4.69) is 0 Å². The van der Waals surface area contributed by atoms with Gasteiger partial charge in [-0.3, -0.25) is 19.3 Å². The summed E-state index contributed by atoms with van der Waals surface area (Å²) >= 11 is 1.36. The molecule has 0 bridgehead atoms. The molecule has 0 saturated carbocycles. The first kappa shape index (κ1) is 27.5. The first-order valence-electron chi connectivity index (χ1n) is 1.23. The van der Waals surface area contributed by atoms with E-state index in [4.69, 9.17) is 5.14 Å². The zero-order valence-electron chi connectivity index (χ0n) is 3.92. The van der Waals surface area contributed by atoms with Gasteiger partial charge in [-0.1, -0.05) is 18.9 Å². The molecule has 0 saturated heterocycles. The minimum Gasteiger partial charge on any atom is -0.278 e. The summed E-state index contributed by atoms with van der Waals surface area (Å²) in [6.45, 7) is 2.02. The third-order valence-electron chi connectivity index (χ3n) is 0.167. The Bertz CT molecular complexity index is 14.9. The molecule has 1 nitrogen and oxygen atoms in total. The SMILES string of the molecule is CCSN.F.F.F. The van der Waals surface area contributed by atoms with Crippen molar-refractivity contribution in [2.24, 2.45) is 5.14 Å². The Hall–Kier alpha value is 0.100. The number of rotatable bonds is 1. The van der Waals surface area contributed by atoms with Crippen molar-refractivity contribution < 1.29 is 14.1 Å². The lowest BCUT2D eigenvalue weighted by molar-refractivity contribution is 1.11. The molecule has 50 valence electrons. The molecule has 2 N–H and O–H groups in total. The largest absolute Gasteiger partial charge is 0.278 e. The molecule has 0 radical (unpaired) electrons. The molecule has 0 aromatic rings. The van der Waals surface area contributed by atoms with Crippen LogP contribution in [0.1, 0.15) is 6.92 Å². The van der Waals surface area contributed by atoms with E-state index in [1.54, 1.807) is 0 Å².